The second-order valence-corrected chi connectivity index (χ2v) is 8.67. The molecule has 0 radical (unpaired) electrons. The maximum Gasteiger partial charge on any atom is 0.155 e. The first-order valence-corrected chi connectivity index (χ1v) is 9.45. The number of ketones is 1. The molecule has 5 atom stereocenters. The van der Waals surface area contributed by atoms with E-state index in [0.717, 1.165) is 30.6 Å². The zero-order valence-electron chi connectivity index (χ0n) is 14.5. The molecule has 4 aliphatic rings. The summed E-state index contributed by atoms with van der Waals surface area (Å²) in [5.41, 5.74) is 4.01. The van der Waals surface area contributed by atoms with Gasteiger partial charge in [-0.1, -0.05) is 38.0 Å². The van der Waals surface area contributed by atoms with Crippen LogP contribution in [0.3, 0.4) is 0 Å². The van der Waals surface area contributed by atoms with Gasteiger partial charge in [0.2, 0.25) is 0 Å². The molecule has 0 amide bonds. The van der Waals surface area contributed by atoms with Crippen LogP contribution in [0.2, 0.25) is 0 Å². The minimum absolute atomic E-state index is 0.254. The highest BCUT2D eigenvalue weighted by Gasteiger charge is 2.55. The summed E-state index contributed by atoms with van der Waals surface area (Å²) in [4.78, 5) is 11.9. The van der Waals surface area contributed by atoms with Crippen LogP contribution in [0.5, 0.6) is 0 Å². The van der Waals surface area contributed by atoms with Gasteiger partial charge in [-0.25, -0.2) is 0 Å². The lowest BCUT2D eigenvalue weighted by Gasteiger charge is -2.54. The summed E-state index contributed by atoms with van der Waals surface area (Å²) >= 11 is 0. The third-order valence-electron chi connectivity index (χ3n) is 8.16. The highest BCUT2D eigenvalue weighted by atomic mass is 16.1. The summed E-state index contributed by atoms with van der Waals surface area (Å²) in [5, 5.41) is 0. The van der Waals surface area contributed by atoms with Crippen molar-refractivity contribution in [2.75, 3.05) is 0 Å². The molecule has 120 valence electrons. The van der Waals surface area contributed by atoms with Crippen LogP contribution in [-0.4, -0.2) is 5.78 Å². The molecule has 2 saturated carbocycles. The molecule has 0 aromatic heterocycles. The smallest absolute Gasteiger partial charge is 0.155 e. The minimum atomic E-state index is 0.254. The Morgan fingerprint density at radius 2 is 2.05 bits per heavy atom. The number of fused-ring (bicyclic) bond motifs is 5. The molecule has 0 aliphatic heterocycles. The molecule has 1 heteroatoms. The second kappa shape index (κ2) is 4.82. The zero-order valence-corrected chi connectivity index (χ0v) is 14.5. The van der Waals surface area contributed by atoms with E-state index in [2.05, 4.69) is 26.8 Å². The SMILES string of the molecule is CC[C@]12CCC(=O)C=C1CCC1C2=CC[C@@]2(C)C1CC[C@@H]2C. The average molecular weight is 298 g/mol. The van der Waals surface area contributed by atoms with Gasteiger partial charge in [-0.3, -0.25) is 4.79 Å². The van der Waals surface area contributed by atoms with Crippen LogP contribution >= 0.6 is 0 Å². The Bertz CT molecular complexity index is 568. The van der Waals surface area contributed by atoms with Gasteiger partial charge in [-0.2, -0.15) is 0 Å². The quantitative estimate of drug-likeness (QED) is 0.587. The largest absolute Gasteiger partial charge is 0.295 e. The number of carbonyl (C=O) groups is 1. The summed E-state index contributed by atoms with van der Waals surface area (Å²) in [5.74, 6) is 2.94. The summed E-state index contributed by atoms with van der Waals surface area (Å²) in [7, 11) is 0. The first-order valence-electron chi connectivity index (χ1n) is 9.45. The highest BCUT2D eigenvalue weighted by Crippen LogP contribution is 2.65. The van der Waals surface area contributed by atoms with E-state index in [1.807, 2.05) is 6.08 Å². The molecule has 4 rings (SSSR count). The second-order valence-electron chi connectivity index (χ2n) is 8.67. The number of rotatable bonds is 1. The van der Waals surface area contributed by atoms with Gasteiger partial charge >= 0.3 is 0 Å². The van der Waals surface area contributed by atoms with Gasteiger partial charge in [0.1, 0.15) is 0 Å². The van der Waals surface area contributed by atoms with Crippen LogP contribution in [-0.2, 0) is 4.79 Å². The van der Waals surface area contributed by atoms with E-state index >= 15 is 0 Å². The van der Waals surface area contributed by atoms with Crippen LogP contribution in [0.1, 0.15) is 72.1 Å². The fourth-order valence-electron chi connectivity index (χ4n) is 6.53. The topological polar surface area (TPSA) is 17.1 Å². The third-order valence-corrected chi connectivity index (χ3v) is 8.16. The Morgan fingerprint density at radius 3 is 2.82 bits per heavy atom. The van der Waals surface area contributed by atoms with Crippen LogP contribution in [0, 0.1) is 28.6 Å². The summed E-state index contributed by atoms with van der Waals surface area (Å²) in [6.07, 6.45) is 14.3. The van der Waals surface area contributed by atoms with E-state index in [4.69, 9.17) is 0 Å². The van der Waals surface area contributed by atoms with E-state index < -0.39 is 0 Å². The van der Waals surface area contributed by atoms with Crippen molar-refractivity contribution in [1.29, 1.82) is 0 Å². The molecule has 0 aromatic carbocycles. The summed E-state index contributed by atoms with van der Waals surface area (Å²) in [6.45, 7) is 7.37. The van der Waals surface area contributed by atoms with Crippen molar-refractivity contribution in [2.24, 2.45) is 28.6 Å². The van der Waals surface area contributed by atoms with Crippen molar-refractivity contribution in [1.82, 2.24) is 0 Å². The molecule has 0 heterocycles. The lowest BCUT2D eigenvalue weighted by molar-refractivity contribution is -0.115. The molecule has 0 spiro atoms. The van der Waals surface area contributed by atoms with Gasteiger partial charge in [-0.15, -0.1) is 0 Å². The predicted octanol–water partition coefficient (Wildman–Crippen LogP) is 5.46. The third kappa shape index (κ3) is 1.74. The fourth-order valence-corrected chi connectivity index (χ4v) is 6.53. The number of allylic oxidation sites excluding steroid dienone is 4. The van der Waals surface area contributed by atoms with Gasteiger partial charge < -0.3 is 0 Å². The molecule has 2 unspecified atom stereocenters. The molecule has 22 heavy (non-hydrogen) atoms. The van der Waals surface area contributed by atoms with Crippen LogP contribution in [0.25, 0.3) is 0 Å². The monoisotopic (exact) mass is 298 g/mol. The Hall–Kier alpha value is -0.850. The molecule has 0 saturated heterocycles. The molecule has 4 aliphatic carbocycles. The van der Waals surface area contributed by atoms with E-state index in [-0.39, 0.29) is 5.41 Å². The van der Waals surface area contributed by atoms with Crippen molar-refractivity contribution in [3.63, 3.8) is 0 Å². The van der Waals surface area contributed by atoms with Gasteiger partial charge in [0, 0.05) is 11.8 Å². The highest BCUT2D eigenvalue weighted by molar-refractivity contribution is 5.92. The maximum absolute atomic E-state index is 11.9. The number of hydrogen-bond acceptors (Lipinski definition) is 1. The van der Waals surface area contributed by atoms with E-state index in [1.54, 1.807) is 5.57 Å². The van der Waals surface area contributed by atoms with Crippen LogP contribution < -0.4 is 0 Å². The first-order chi connectivity index (χ1) is 10.5. The summed E-state index contributed by atoms with van der Waals surface area (Å²) < 4.78 is 0. The first kappa shape index (κ1) is 14.7. The minimum Gasteiger partial charge on any atom is -0.295 e. The normalized spacial score (nSPS) is 47.2. The number of carbonyl (C=O) groups excluding carboxylic acids is 1. The van der Waals surface area contributed by atoms with Crippen molar-refractivity contribution < 1.29 is 4.79 Å². The Labute approximate surface area is 135 Å². The Morgan fingerprint density at radius 1 is 1.23 bits per heavy atom. The lowest BCUT2D eigenvalue weighted by Crippen LogP contribution is -2.45. The lowest BCUT2D eigenvalue weighted by atomic mass is 9.50. The van der Waals surface area contributed by atoms with E-state index in [1.165, 1.54) is 44.1 Å². The van der Waals surface area contributed by atoms with E-state index in [0.29, 0.717) is 11.2 Å². The van der Waals surface area contributed by atoms with Crippen LogP contribution in [0.4, 0.5) is 0 Å². The van der Waals surface area contributed by atoms with Crippen molar-refractivity contribution in [3.05, 3.63) is 23.3 Å². The van der Waals surface area contributed by atoms with Gasteiger partial charge in [0.15, 0.2) is 5.78 Å². The van der Waals surface area contributed by atoms with Gasteiger partial charge in [-0.05, 0) is 74.2 Å². The van der Waals surface area contributed by atoms with Crippen molar-refractivity contribution in [2.45, 2.75) is 72.1 Å². The maximum atomic E-state index is 11.9. The number of hydrogen-bond donors (Lipinski definition) is 0. The van der Waals surface area contributed by atoms with Crippen molar-refractivity contribution in [3.8, 4) is 0 Å². The van der Waals surface area contributed by atoms with E-state index in [9.17, 15) is 4.79 Å². The molecular formula is C21H30O. The average Bonchev–Trinajstić information content (AvgIpc) is 2.82. The Balaban J connectivity index is 1.79. The standard InChI is InChI=1S/C21H30O/c1-4-21-12-9-16(22)13-15(21)6-7-17-18-8-5-14(2)20(18,3)11-10-19(17)21/h10,13-14,17-18H,4-9,11-12H2,1-3H3/t14-,17?,18?,20+,21-/m0/s1. The molecule has 0 aromatic rings. The Kier molecular flexibility index (Phi) is 3.23. The van der Waals surface area contributed by atoms with Gasteiger partial charge in [0.25, 0.3) is 0 Å². The summed E-state index contributed by atoms with van der Waals surface area (Å²) in [6, 6.07) is 0. The molecule has 2 fully saturated rings. The van der Waals surface area contributed by atoms with Crippen LogP contribution in [0.15, 0.2) is 23.3 Å². The molecule has 0 N–H and O–H groups in total. The zero-order chi connectivity index (χ0) is 15.5. The van der Waals surface area contributed by atoms with Crippen molar-refractivity contribution >= 4 is 5.78 Å². The molecular weight excluding hydrogens is 268 g/mol. The molecule has 1 nitrogen and oxygen atoms in total. The molecule has 0 bridgehead atoms. The fraction of sp³-hybridized carbons (Fsp3) is 0.762. The predicted molar refractivity (Wildman–Crippen MR) is 90.5 cm³/mol. The van der Waals surface area contributed by atoms with Gasteiger partial charge in [0.05, 0.1) is 0 Å².